The van der Waals surface area contributed by atoms with E-state index in [2.05, 4.69) is 14.9 Å². The highest BCUT2D eigenvalue weighted by Gasteiger charge is 2.36. The third kappa shape index (κ3) is 2.06. The summed E-state index contributed by atoms with van der Waals surface area (Å²) >= 11 is 0. The summed E-state index contributed by atoms with van der Waals surface area (Å²) in [7, 11) is -3.42. The Labute approximate surface area is 107 Å². The second kappa shape index (κ2) is 4.64. The van der Waals surface area contributed by atoms with Crippen molar-refractivity contribution in [3.05, 3.63) is 12.4 Å². The van der Waals surface area contributed by atoms with Crippen LogP contribution in [0.3, 0.4) is 0 Å². The summed E-state index contributed by atoms with van der Waals surface area (Å²) in [5.74, 6) is 0. The van der Waals surface area contributed by atoms with Crippen molar-refractivity contribution >= 4 is 10.0 Å². The van der Waals surface area contributed by atoms with Gasteiger partial charge in [0, 0.05) is 31.5 Å². The minimum absolute atomic E-state index is 0.0598. The number of aromatic amines is 1. The monoisotopic (exact) mass is 270 g/mol. The number of rotatable bonds is 3. The van der Waals surface area contributed by atoms with Crippen molar-refractivity contribution in [1.29, 1.82) is 0 Å². The second-order valence-electron chi connectivity index (χ2n) is 4.94. The van der Waals surface area contributed by atoms with E-state index in [9.17, 15) is 8.42 Å². The van der Waals surface area contributed by atoms with E-state index in [1.165, 1.54) is 19.0 Å². The third-order valence-corrected chi connectivity index (χ3v) is 5.56. The fourth-order valence-corrected chi connectivity index (χ4v) is 4.22. The van der Waals surface area contributed by atoms with E-state index in [-0.39, 0.29) is 5.16 Å². The molecule has 0 aromatic carbocycles. The molecule has 1 aromatic heterocycles. The molecule has 0 spiro atoms. The molecule has 2 saturated heterocycles. The minimum Gasteiger partial charge on any atom is -0.334 e. The van der Waals surface area contributed by atoms with Gasteiger partial charge in [0.2, 0.25) is 5.16 Å². The Morgan fingerprint density at radius 3 is 2.72 bits per heavy atom. The standard InChI is InChI=1S/C11H18N4O2S/c16-18(17,11-12-4-5-13-11)15-8-3-10(9-15)14-6-1-2-7-14/h4-5,10H,1-3,6-9H2,(H,12,13). The van der Waals surface area contributed by atoms with Crippen LogP contribution in [0.5, 0.6) is 0 Å². The van der Waals surface area contributed by atoms with Crippen molar-refractivity contribution in [3.8, 4) is 0 Å². The van der Waals surface area contributed by atoms with E-state index in [0.29, 0.717) is 19.1 Å². The van der Waals surface area contributed by atoms with E-state index in [1.807, 2.05) is 0 Å². The van der Waals surface area contributed by atoms with Gasteiger partial charge < -0.3 is 4.98 Å². The molecule has 7 heteroatoms. The van der Waals surface area contributed by atoms with E-state index in [1.54, 1.807) is 10.5 Å². The molecule has 100 valence electrons. The molecule has 2 aliphatic heterocycles. The van der Waals surface area contributed by atoms with Gasteiger partial charge in [-0.3, -0.25) is 4.90 Å². The van der Waals surface area contributed by atoms with Crippen LogP contribution >= 0.6 is 0 Å². The highest BCUT2D eigenvalue weighted by Crippen LogP contribution is 2.24. The van der Waals surface area contributed by atoms with Gasteiger partial charge in [-0.1, -0.05) is 0 Å². The number of nitrogens with zero attached hydrogens (tertiary/aromatic N) is 3. The molecule has 3 rings (SSSR count). The highest BCUT2D eigenvalue weighted by molar-refractivity contribution is 7.89. The van der Waals surface area contributed by atoms with Crippen LogP contribution in [0.1, 0.15) is 19.3 Å². The second-order valence-corrected chi connectivity index (χ2v) is 6.80. The van der Waals surface area contributed by atoms with Crippen molar-refractivity contribution in [3.63, 3.8) is 0 Å². The molecule has 0 bridgehead atoms. The molecule has 2 aliphatic rings. The van der Waals surface area contributed by atoms with E-state index < -0.39 is 10.0 Å². The van der Waals surface area contributed by atoms with Crippen LogP contribution in [-0.2, 0) is 10.0 Å². The first-order chi connectivity index (χ1) is 8.68. The number of likely N-dealkylation sites (tertiary alicyclic amines) is 1. The lowest BCUT2D eigenvalue weighted by Crippen LogP contribution is -2.37. The van der Waals surface area contributed by atoms with Gasteiger partial charge in [0.1, 0.15) is 0 Å². The first kappa shape index (κ1) is 12.1. The molecular formula is C11H18N4O2S. The molecule has 1 atom stereocenters. The summed E-state index contributed by atoms with van der Waals surface area (Å²) in [6, 6.07) is 0.386. The number of sulfonamides is 1. The van der Waals surface area contributed by atoms with Gasteiger partial charge in [-0.05, 0) is 32.4 Å². The van der Waals surface area contributed by atoms with Crippen LogP contribution in [-0.4, -0.2) is 59.8 Å². The van der Waals surface area contributed by atoms with Gasteiger partial charge in [0.25, 0.3) is 10.0 Å². The fourth-order valence-electron chi connectivity index (χ4n) is 2.85. The molecule has 1 N–H and O–H groups in total. The van der Waals surface area contributed by atoms with E-state index >= 15 is 0 Å². The fraction of sp³-hybridized carbons (Fsp3) is 0.727. The number of imidazole rings is 1. The summed E-state index contributed by atoms with van der Waals surface area (Å²) in [5, 5.41) is 0.0598. The van der Waals surface area contributed by atoms with Crippen LogP contribution in [0.15, 0.2) is 17.6 Å². The Hall–Kier alpha value is -0.920. The Balaban J connectivity index is 1.72. The normalized spacial score (nSPS) is 27.0. The smallest absolute Gasteiger partial charge is 0.276 e. The van der Waals surface area contributed by atoms with Crippen LogP contribution in [0.25, 0.3) is 0 Å². The third-order valence-electron chi connectivity index (χ3n) is 3.84. The summed E-state index contributed by atoms with van der Waals surface area (Å²) in [4.78, 5) is 8.95. The predicted octanol–water partition coefficient (Wildman–Crippen LogP) is 0.268. The average Bonchev–Trinajstić information content (AvgIpc) is 3.12. The Morgan fingerprint density at radius 2 is 2.06 bits per heavy atom. The van der Waals surface area contributed by atoms with Crippen LogP contribution in [0, 0.1) is 0 Å². The van der Waals surface area contributed by atoms with Crippen LogP contribution < -0.4 is 0 Å². The zero-order valence-corrected chi connectivity index (χ0v) is 11.1. The predicted molar refractivity (Wildman–Crippen MR) is 66.6 cm³/mol. The lowest BCUT2D eigenvalue weighted by atomic mass is 10.2. The molecular weight excluding hydrogens is 252 g/mol. The van der Waals surface area contributed by atoms with Gasteiger partial charge in [0.05, 0.1) is 0 Å². The molecule has 18 heavy (non-hydrogen) atoms. The van der Waals surface area contributed by atoms with Crippen molar-refractivity contribution < 1.29 is 8.42 Å². The first-order valence-corrected chi connectivity index (χ1v) is 7.85. The maximum atomic E-state index is 12.3. The first-order valence-electron chi connectivity index (χ1n) is 6.41. The van der Waals surface area contributed by atoms with E-state index in [4.69, 9.17) is 0 Å². The topological polar surface area (TPSA) is 69.3 Å². The lowest BCUT2D eigenvalue weighted by Gasteiger charge is -2.23. The minimum atomic E-state index is -3.42. The summed E-state index contributed by atoms with van der Waals surface area (Å²) < 4.78 is 26.1. The maximum absolute atomic E-state index is 12.3. The SMILES string of the molecule is O=S(=O)(c1ncc[nH]1)N1CCC(N2CCCC2)C1. The molecule has 3 heterocycles. The zero-order valence-electron chi connectivity index (χ0n) is 10.2. The zero-order chi connectivity index (χ0) is 12.6. The van der Waals surface area contributed by atoms with Crippen LogP contribution in [0.4, 0.5) is 0 Å². The molecule has 1 aromatic rings. The van der Waals surface area contributed by atoms with Crippen molar-refractivity contribution in [2.24, 2.45) is 0 Å². The van der Waals surface area contributed by atoms with Gasteiger partial charge in [-0.15, -0.1) is 0 Å². The molecule has 0 saturated carbocycles. The maximum Gasteiger partial charge on any atom is 0.276 e. The van der Waals surface area contributed by atoms with Gasteiger partial charge >= 0.3 is 0 Å². The number of hydrogen-bond donors (Lipinski definition) is 1. The van der Waals surface area contributed by atoms with Crippen molar-refractivity contribution in [2.75, 3.05) is 26.2 Å². The quantitative estimate of drug-likeness (QED) is 0.856. The summed E-state index contributed by atoms with van der Waals surface area (Å²) in [6.45, 7) is 3.42. The Kier molecular flexibility index (Phi) is 3.13. The largest absolute Gasteiger partial charge is 0.334 e. The highest BCUT2D eigenvalue weighted by atomic mass is 32.2. The summed E-state index contributed by atoms with van der Waals surface area (Å²) in [5.41, 5.74) is 0. The lowest BCUT2D eigenvalue weighted by molar-refractivity contribution is 0.251. The number of aromatic nitrogens is 2. The number of nitrogens with one attached hydrogen (secondary N) is 1. The van der Waals surface area contributed by atoms with Gasteiger partial charge in [-0.2, -0.15) is 4.31 Å². The van der Waals surface area contributed by atoms with Crippen molar-refractivity contribution in [2.45, 2.75) is 30.5 Å². The molecule has 6 nitrogen and oxygen atoms in total. The van der Waals surface area contributed by atoms with Crippen LogP contribution in [0.2, 0.25) is 0 Å². The van der Waals surface area contributed by atoms with Gasteiger partial charge in [0.15, 0.2) is 0 Å². The Morgan fingerprint density at radius 1 is 1.28 bits per heavy atom. The molecule has 0 amide bonds. The molecule has 0 radical (unpaired) electrons. The molecule has 0 aliphatic carbocycles. The molecule has 2 fully saturated rings. The summed E-state index contributed by atoms with van der Waals surface area (Å²) in [6.07, 6.45) is 6.42. The average molecular weight is 270 g/mol. The Bertz CT molecular complexity index is 493. The number of H-pyrrole nitrogens is 1. The van der Waals surface area contributed by atoms with E-state index in [0.717, 1.165) is 19.5 Å². The van der Waals surface area contributed by atoms with Crippen molar-refractivity contribution in [1.82, 2.24) is 19.2 Å². The molecule has 1 unspecified atom stereocenters. The van der Waals surface area contributed by atoms with Gasteiger partial charge in [-0.25, -0.2) is 13.4 Å². The number of hydrogen-bond acceptors (Lipinski definition) is 4.